The average Bonchev–Trinajstić information content (AvgIpc) is 2.15. The molecule has 0 unspecified atom stereocenters. The van der Waals surface area contributed by atoms with Crippen molar-refractivity contribution in [3.05, 3.63) is 34.9 Å². The third kappa shape index (κ3) is 3.18. The van der Waals surface area contributed by atoms with Crippen LogP contribution in [0.2, 0.25) is 5.02 Å². The first-order valence-corrected chi connectivity index (χ1v) is 4.05. The summed E-state index contributed by atoms with van der Waals surface area (Å²) in [5, 5.41) is 4.28. The highest BCUT2D eigenvalue weighted by Gasteiger charge is 1.93. The maximum atomic E-state index is 5.85. The van der Waals surface area contributed by atoms with Crippen molar-refractivity contribution in [3.8, 4) is 12.3 Å². The zero-order valence-corrected chi connectivity index (χ0v) is 7.66. The van der Waals surface area contributed by atoms with E-state index >= 15 is 0 Å². The number of benzene rings is 1. The molecule has 0 spiro atoms. The maximum absolute atomic E-state index is 5.85. The molecule has 0 radical (unpaired) electrons. The van der Waals surface area contributed by atoms with E-state index < -0.39 is 0 Å². The third-order valence-electron chi connectivity index (χ3n) is 1.32. The van der Waals surface area contributed by atoms with Crippen LogP contribution < -0.4 is 0 Å². The second kappa shape index (κ2) is 5.23. The van der Waals surface area contributed by atoms with Crippen LogP contribution in [-0.2, 0) is 4.84 Å². The highest BCUT2D eigenvalue weighted by molar-refractivity contribution is 6.33. The summed E-state index contributed by atoms with van der Waals surface area (Å²) in [5.41, 5.74) is 0.807. The van der Waals surface area contributed by atoms with Crippen molar-refractivity contribution < 1.29 is 4.84 Å². The summed E-state index contributed by atoms with van der Waals surface area (Å²) in [6.07, 6.45) is 6.49. The van der Waals surface area contributed by atoms with Crippen molar-refractivity contribution >= 4 is 17.8 Å². The monoisotopic (exact) mass is 193 g/mol. The lowest BCUT2D eigenvalue weighted by Crippen LogP contribution is -1.86. The number of oxime groups is 1. The second-order valence-electron chi connectivity index (χ2n) is 2.23. The van der Waals surface area contributed by atoms with Crippen LogP contribution in [0.4, 0.5) is 0 Å². The van der Waals surface area contributed by atoms with Crippen LogP contribution in [0.3, 0.4) is 0 Å². The van der Waals surface area contributed by atoms with Gasteiger partial charge in [-0.15, -0.1) is 6.42 Å². The predicted octanol–water partition coefficient (Wildman–Crippen LogP) is 2.32. The van der Waals surface area contributed by atoms with Crippen molar-refractivity contribution in [2.24, 2.45) is 5.16 Å². The molecule has 3 heteroatoms. The number of terminal acetylenes is 1. The Bertz CT molecular complexity index is 341. The van der Waals surface area contributed by atoms with E-state index in [0.717, 1.165) is 5.56 Å². The predicted molar refractivity (Wildman–Crippen MR) is 53.8 cm³/mol. The van der Waals surface area contributed by atoms with Gasteiger partial charge >= 0.3 is 0 Å². The number of hydrogen-bond donors (Lipinski definition) is 0. The SMILES string of the molecule is C#CCO/N=C/c1ccccc1Cl. The van der Waals surface area contributed by atoms with Crippen molar-refractivity contribution in [1.82, 2.24) is 0 Å². The molecule has 13 heavy (non-hydrogen) atoms. The highest BCUT2D eigenvalue weighted by Crippen LogP contribution is 2.12. The van der Waals surface area contributed by atoms with Crippen LogP contribution in [0.25, 0.3) is 0 Å². The van der Waals surface area contributed by atoms with Gasteiger partial charge in [-0.1, -0.05) is 40.9 Å². The Morgan fingerprint density at radius 2 is 2.31 bits per heavy atom. The lowest BCUT2D eigenvalue weighted by atomic mass is 10.2. The summed E-state index contributed by atoms with van der Waals surface area (Å²) < 4.78 is 0. The molecule has 66 valence electrons. The highest BCUT2D eigenvalue weighted by atomic mass is 35.5. The topological polar surface area (TPSA) is 21.6 Å². The number of rotatable bonds is 3. The molecular formula is C10H8ClNO. The van der Waals surface area contributed by atoms with Crippen molar-refractivity contribution in [2.75, 3.05) is 6.61 Å². The lowest BCUT2D eigenvalue weighted by Gasteiger charge is -1.95. The molecule has 1 aromatic rings. The zero-order valence-electron chi connectivity index (χ0n) is 6.90. The Labute approximate surface area is 82.2 Å². The molecule has 0 aliphatic rings. The Balaban J connectivity index is 2.59. The van der Waals surface area contributed by atoms with E-state index in [0.29, 0.717) is 5.02 Å². The molecule has 0 atom stereocenters. The van der Waals surface area contributed by atoms with Gasteiger partial charge in [-0.3, -0.25) is 0 Å². The normalized spacial score (nSPS) is 9.85. The van der Waals surface area contributed by atoms with Gasteiger partial charge in [0.05, 0.1) is 6.21 Å². The average molecular weight is 194 g/mol. The van der Waals surface area contributed by atoms with Crippen molar-refractivity contribution in [1.29, 1.82) is 0 Å². The van der Waals surface area contributed by atoms with E-state index in [1.54, 1.807) is 6.07 Å². The quantitative estimate of drug-likeness (QED) is 0.313. The summed E-state index contributed by atoms with van der Waals surface area (Å²) >= 11 is 5.85. The van der Waals surface area contributed by atoms with E-state index in [9.17, 15) is 0 Å². The fourth-order valence-corrected chi connectivity index (χ4v) is 0.933. The van der Waals surface area contributed by atoms with Crippen LogP contribution >= 0.6 is 11.6 Å². The minimum atomic E-state index is 0.168. The van der Waals surface area contributed by atoms with Gasteiger partial charge in [-0.05, 0) is 6.07 Å². The fourth-order valence-electron chi connectivity index (χ4n) is 0.748. The molecule has 0 saturated heterocycles. The molecule has 0 aliphatic carbocycles. The summed E-state index contributed by atoms with van der Waals surface area (Å²) in [5.74, 6) is 2.30. The maximum Gasteiger partial charge on any atom is 0.177 e. The molecule has 1 rings (SSSR count). The minimum absolute atomic E-state index is 0.168. The van der Waals surface area contributed by atoms with Gasteiger partial charge in [0.1, 0.15) is 0 Å². The largest absolute Gasteiger partial charge is 0.383 e. The summed E-state index contributed by atoms with van der Waals surface area (Å²) in [6, 6.07) is 7.34. The number of nitrogens with zero attached hydrogens (tertiary/aromatic N) is 1. The van der Waals surface area contributed by atoms with Gasteiger partial charge in [0.2, 0.25) is 0 Å². The van der Waals surface area contributed by atoms with E-state index in [2.05, 4.69) is 11.1 Å². The van der Waals surface area contributed by atoms with Crippen LogP contribution in [0.5, 0.6) is 0 Å². The van der Waals surface area contributed by atoms with Gasteiger partial charge in [0.25, 0.3) is 0 Å². The molecule has 0 aliphatic heterocycles. The summed E-state index contributed by atoms with van der Waals surface area (Å²) in [4.78, 5) is 4.72. The molecule has 0 amide bonds. The molecule has 0 aromatic heterocycles. The molecule has 0 saturated carbocycles. The van der Waals surface area contributed by atoms with Gasteiger partial charge in [-0.25, -0.2) is 0 Å². The Kier molecular flexibility index (Phi) is 3.87. The first-order chi connectivity index (χ1) is 6.34. The van der Waals surface area contributed by atoms with Crippen LogP contribution in [-0.4, -0.2) is 12.8 Å². The Morgan fingerprint density at radius 3 is 3.00 bits per heavy atom. The standard InChI is InChI=1S/C10H8ClNO/c1-2-7-13-12-8-9-5-3-4-6-10(9)11/h1,3-6,8H,7H2/b12-8+. The summed E-state index contributed by atoms with van der Waals surface area (Å²) in [6.45, 7) is 0.168. The smallest absolute Gasteiger partial charge is 0.177 e. The van der Waals surface area contributed by atoms with E-state index in [1.165, 1.54) is 6.21 Å². The van der Waals surface area contributed by atoms with Crippen molar-refractivity contribution in [2.45, 2.75) is 0 Å². The van der Waals surface area contributed by atoms with E-state index in [4.69, 9.17) is 22.9 Å². The minimum Gasteiger partial charge on any atom is -0.383 e. The number of hydrogen-bond acceptors (Lipinski definition) is 2. The fraction of sp³-hybridized carbons (Fsp3) is 0.100. The van der Waals surface area contributed by atoms with Crippen LogP contribution in [0, 0.1) is 12.3 Å². The molecule has 1 aromatic carbocycles. The Morgan fingerprint density at radius 1 is 1.54 bits per heavy atom. The molecule has 0 bridgehead atoms. The molecule has 0 fully saturated rings. The van der Waals surface area contributed by atoms with E-state index in [-0.39, 0.29) is 6.61 Å². The lowest BCUT2D eigenvalue weighted by molar-refractivity contribution is 0.181. The van der Waals surface area contributed by atoms with Gasteiger partial charge in [-0.2, -0.15) is 0 Å². The van der Waals surface area contributed by atoms with Gasteiger partial charge in [0, 0.05) is 10.6 Å². The molecular weight excluding hydrogens is 186 g/mol. The molecule has 0 heterocycles. The van der Waals surface area contributed by atoms with E-state index in [1.807, 2.05) is 18.2 Å². The van der Waals surface area contributed by atoms with Gasteiger partial charge in [0.15, 0.2) is 6.61 Å². The third-order valence-corrected chi connectivity index (χ3v) is 1.66. The van der Waals surface area contributed by atoms with Crippen molar-refractivity contribution in [3.63, 3.8) is 0 Å². The molecule has 0 N–H and O–H groups in total. The first kappa shape index (κ1) is 9.63. The summed E-state index contributed by atoms with van der Waals surface area (Å²) in [7, 11) is 0. The molecule has 2 nitrogen and oxygen atoms in total. The van der Waals surface area contributed by atoms with Crippen LogP contribution in [0.1, 0.15) is 5.56 Å². The Hall–Kier alpha value is -1.46. The second-order valence-corrected chi connectivity index (χ2v) is 2.64. The zero-order chi connectivity index (χ0) is 9.52. The van der Waals surface area contributed by atoms with Gasteiger partial charge < -0.3 is 4.84 Å². The first-order valence-electron chi connectivity index (χ1n) is 3.68. The number of halogens is 1. The van der Waals surface area contributed by atoms with Crippen LogP contribution in [0.15, 0.2) is 29.4 Å².